The lowest BCUT2D eigenvalue weighted by atomic mass is 10.3. The zero-order chi connectivity index (χ0) is 15.5. The van der Waals surface area contributed by atoms with Gasteiger partial charge in [-0.1, -0.05) is 24.6 Å². The second kappa shape index (κ2) is 6.51. The first-order chi connectivity index (χ1) is 9.93. The van der Waals surface area contributed by atoms with Crippen molar-refractivity contribution in [3.8, 4) is 0 Å². The highest BCUT2D eigenvalue weighted by molar-refractivity contribution is 7.89. The predicted octanol–water partition coefficient (Wildman–Crippen LogP) is 2.65. The Bertz CT molecular complexity index is 717. The molecule has 2 rings (SSSR count). The van der Waals surface area contributed by atoms with Crippen molar-refractivity contribution >= 4 is 21.6 Å². The molecule has 5 nitrogen and oxygen atoms in total. The fourth-order valence-corrected chi connectivity index (χ4v) is 3.38. The predicted molar refractivity (Wildman–Crippen MR) is 81.5 cm³/mol. The van der Waals surface area contributed by atoms with Gasteiger partial charge in [-0.3, -0.25) is 4.98 Å². The van der Waals surface area contributed by atoms with Gasteiger partial charge >= 0.3 is 0 Å². The number of sulfonamides is 1. The van der Waals surface area contributed by atoms with E-state index in [1.807, 2.05) is 25.1 Å². The fraction of sp³-hybridized carbons (Fsp3) is 0.286. The molecular formula is C14H16ClN3O2S. The van der Waals surface area contributed by atoms with E-state index in [-0.39, 0.29) is 16.6 Å². The maximum Gasteiger partial charge on any atom is 0.244 e. The van der Waals surface area contributed by atoms with Gasteiger partial charge in [0.2, 0.25) is 10.0 Å². The molecule has 0 aliphatic rings. The first kappa shape index (κ1) is 15.9. The molecule has 2 aromatic rings. The molecule has 0 radical (unpaired) electrons. The van der Waals surface area contributed by atoms with Gasteiger partial charge in [0.1, 0.15) is 10.0 Å². The van der Waals surface area contributed by atoms with Gasteiger partial charge in [0.15, 0.2) is 0 Å². The minimum Gasteiger partial charge on any atom is -0.257 e. The van der Waals surface area contributed by atoms with E-state index in [9.17, 15) is 8.42 Å². The number of hydrogen-bond donors (Lipinski definition) is 0. The summed E-state index contributed by atoms with van der Waals surface area (Å²) in [5.74, 6) is 0. The summed E-state index contributed by atoms with van der Waals surface area (Å²) in [5, 5.41) is 0.261. The van der Waals surface area contributed by atoms with Crippen LogP contribution in [0.3, 0.4) is 0 Å². The molecule has 112 valence electrons. The highest BCUT2D eigenvalue weighted by Crippen LogP contribution is 2.18. The summed E-state index contributed by atoms with van der Waals surface area (Å²) in [4.78, 5) is 8.29. The van der Waals surface area contributed by atoms with Crippen LogP contribution in [0.25, 0.3) is 0 Å². The van der Waals surface area contributed by atoms with Crippen LogP contribution in [0.1, 0.15) is 18.3 Å². The largest absolute Gasteiger partial charge is 0.257 e. The summed E-state index contributed by atoms with van der Waals surface area (Å²) in [7, 11) is -3.61. The lowest BCUT2D eigenvalue weighted by Gasteiger charge is -2.20. The highest BCUT2D eigenvalue weighted by atomic mass is 35.5. The van der Waals surface area contributed by atoms with Crippen molar-refractivity contribution in [3.05, 3.63) is 53.1 Å². The van der Waals surface area contributed by atoms with Crippen molar-refractivity contribution in [2.75, 3.05) is 6.54 Å². The van der Waals surface area contributed by atoms with Crippen LogP contribution in [0.4, 0.5) is 0 Å². The lowest BCUT2D eigenvalue weighted by Crippen LogP contribution is -2.31. The summed E-state index contributed by atoms with van der Waals surface area (Å²) in [6, 6.07) is 8.47. The minimum atomic E-state index is -3.61. The molecule has 0 bridgehead atoms. The molecule has 0 unspecified atom stereocenters. The van der Waals surface area contributed by atoms with Gasteiger partial charge in [-0.15, -0.1) is 0 Å². The van der Waals surface area contributed by atoms with Crippen LogP contribution >= 0.6 is 11.6 Å². The molecule has 0 spiro atoms. The topological polar surface area (TPSA) is 63.2 Å². The zero-order valence-electron chi connectivity index (χ0n) is 11.8. The van der Waals surface area contributed by atoms with Crippen LogP contribution in [0, 0.1) is 6.92 Å². The van der Waals surface area contributed by atoms with E-state index in [2.05, 4.69) is 9.97 Å². The summed E-state index contributed by atoms with van der Waals surface area (Å²) in [6.07, 6.45) is 1.27. The van der Waals surface area contributed by atoms with Crippen LogP contribution in [-0.4, -0.2) is 29.2 Å². The van der Waals surface area contributed by atoms with E-state index in [1.165, 1.54) is 22.6 Å². The molecule has 0 aliphatic carbocycles. The third kappa shape index (κ3) is 3.78. The summed E-state index contributed by atoms with van der Waals surface area (Å²) in [6.45, 7) is 4.23. The number of aromatic nitrogens is 2. The second-order valence-corrected chi connectivity index (χ2v) is 6.84. The van der Waals surface area contributed by atoms with Gasteiger partial charge in [-0.05, 0) is 31.2 Å². The molecule has 0 aliphatic heterocycles. The van der Waals surface area contributed by atoms with Crippen molar-refractivity contribution in [1.29, 1.82) is 0 Å². The highest BCUT2D eigenvalue weighted by Gasteiger charge is 2.24. The van der Waals surface area contributed by atoms with E-state index in [4.69, 9.17) is 11.6 Å². The molecule has 0 N–H and O–H groups in total. The first-order valence-corrected chi connectivity index (χ1v) is 8.29. The number of halogens is 1. The average molecular weight is 326 g/mol. The fourth-order valence-electron chi connectivity index (χ4n) is 1.90. The number of rotatable bonds is 5. The second-order valence-electron chi connectivity index (χ2n) is 4.52. The molecule has 7 heteroatoms. The minimum absolute atomic E-state index is 0.126. The van der Waals surface area contributed by atoms with E-state index < -0.39 is 10.0 Å². The maximum atomic E-state index is 12.6. The number of hydrogen-bond acceptors (Lipinski definition) is 4. The quantitative estimate of drug-likeness (QED) is 0.793. The van der Waals surface area contributed by atoms with Crippen LogP contribution in [-0.2, 0) is 16.6 Å². The molecule has 0 aromatic carbocycles. The van der Waals surface area contributed by atoms with Crippen LogP contribution in [0.15, 0.2) is 41.4 Å². The van der Waals surface area contributed by atoms with Crippen molar-refractivity contribution in [2.45, 2.75) is 25.3 Å². The third-order valence-electron chi connectivity index (χ3n) is 2.98. The Hall–Kier alpha value is -1.50. The normalized spacial score (nSPS) is 11.8. The third-order valence-corrected chi connectivity index (χ3v) is 5.10. The Balaban J connectivity index is 2.29. The Morgan fingerprint density at radius 3 is 2.57 bits per heavy atom. The molecule has 0 amide bonds. The summed E-state index contributed by atoms with van der Waals surface area (Å²) < 4.78 is 26.5. The Labute approximate surface area is 129 Å². The number of aryl methyl sites for hydroxylation is 1. The van der Waals surface area contributed by atoms with Gasteiger partial charge in [0, 0.05) is 18.4 Å². The molecule has 21 heavy (non-hydrogen) atoms. The molecule has 2 aromatic heterocycles. The van der Waals surface area contributed by atoms with Crippen LogP contribution < -0.4 is 0 Å². The van der Waals surface area contributed by atoms with E-state index in [1.54, 1.807) is 6.92 Å². The number of pyridine rings is 2. The summed E-state index contributed by atoms with van der Waals surface area (Å²) in [5.41, 5.74) is 1.57. The van der Waals surface area contributed by atoms with Crippen molar-refractivity contribution in [2.24, 2.45) is 0 Å². The summed E-state index contributed by atoms with van der Waals surface area (Å²) >= 11 is 5.69. The van der Waals surface area contributed by atoms with Gasteiger partial charge in [-0.25, -0.2) is 13.4 Å². The monoisotopic (exact) mass is 325 g/mol. The van der Waals surface area contributed by atoms with Gasteiger partial charge in [-0.2, -0.15) is 4.31 Å². The first-order valence-electron chi connectivity index (χ1n) is 6.47. The number of nitrogens with zero attached hydrogens (tertiary/aromatic N) is 3. The van der Waals surface area contributed by atoms with Crippen LogP contribution in [0.2, 0.25) is 5.15 Å². The lowest BCUT2D eigenvalue weighted by molar-refractivity contribution is 0.418. The van der Waals surface area contributed by atoms with E-state index in [0.717, 1.165) is 5.69 Å². The molecule has 0 saturated heterocycles. The van der Waals surface area contributed by atoms with E-state index in [0.29, 0.717) is 12.2 Å². The van der Waals surface area contributed by atoms with Crippen molar-refractivity contribution in [1.82, 2.24) is 14.3 Å². The molecule has 0 atom stereocenters. The van der Waals surface area contributed by atoms with Crippen molar-refractivity contribution in [3.63, 3.8) is 0 Å². The molecule has 2 heterocycles. The smallest absolute Gasteiger partial charge is 0.244 e. The maximum absolute atomic E-state index is 12.6. The van der Waals surface area contributed by atoms with Crippen molar-refractivity contribution < 1.29 is 8.42 Å². The van der Waals surface area contributed by atoms with Gasteiger partial charge in [0.05, 0.1) is 12.2 Å². The molecular weight excluding hydrogens is 310 g/mol. The van der Waals surface area contributed by atoms with Gasteiger partial charge in [0.25, 0.3) is 0 Å². The van der Waals surface area contributed by atoms with E-state index >= 15 is 0 Å². The standard InChI is InChI=1S/C14H16ClN3O2S/c1-3-18(10-12-6-4-5-11(2)17-12)21(19,20)13-7-8-14(15)16-9-13/h4-9H,3,10H2,1-2H3. The average Bonchev–Trinajstić information content (AvgIpc) is 2.45. The van der Waals surface area contributed by atoms with Gasteiger partial charge < -0.3 is 0 Å². The Morgan fingerprint density at radius 2 is 2.00 bits per heavy atom. The molecule has 0 saturated carbocycles. The van der Waals surface area contributed by atoms with Crippen LogP contribution in [0.5, 0.6) is 0 Å². The Kier molecular flexibility index (Phi) is 4.92. The molecule has 0 fully saturated rings. The SMILES string of the molecule is CCN(Cc1cccc(C)n1)S(=O)(=O)c1ccc(Cl)nc1. The zero-order valence-corrected chi connectivity index (χ0v) is 13.4. The Morgan fingerprint density at radius 1 is 1.24 bits per heavy atom.